The molecule has 1 heterocycles. The van der Waals surface area contributed by atoms with E-state index in [-0.39, 0.29) is 22.9 Å². The summed E-state index contributed by atoms with van der Waals surface area (Å²) in [5.41, 5.74) is 1.64. The number of allylic oxidation sites excluding steroid dienone is 1. The summed E-state index contributed by atoms with van der Waals surface area (Å²) >= 11 is 0. The molecule has 1 aromatic rings. The van der Waals surface area contributed by atoms with Gasteiger partial charge in [-0.25, -0.2) is 4.79 Å². The van der Waals surface area contributed by atoms with E-state index in [9.17, 15) is 19.7 Å². The third-order valence-corrected chi connectivity index (χ3v) is 4.19. The Morgan fingerprint density at radius 2 is 1.83 bits per heavy atom. The molecule has 0 radical (unpaired) electrons. The number of nitrogens with zero attached hydrogens (tertiary/aromatic N) is 1. The number of amides is 2. The van der Waals surface area contributed by atoms with E-state index in [2.05, 4.69) is 10.6 Å². The molecule has 1 aromatic carbocycles. The third-order valence-electron chi connectivity index (χ3n) is 4.19. The Kier molecular flexibility index (Phi) is 3.43. The molecule has 0 saturated heterocycles. The van der Waals surface area contributed by atoms with E-state index in [1.165, 1.54) is 12.1 Å². The van der Waals surface area contributed by atoms with Crippen LogP contribution >= 0.6 is 0 Å². The van der Waals surface area contributed by atoms with E-state index in [4.69, 9.17) is 0 Å². The van der Waals surface area contributed by atoms with E-state index in [1.807, 2.05) is 13.8 Å². The molecule has 1 atom stereocenters. The normalized spacial score (nSPS) is 23.0. The van der Waals surface area contributed by atoms with Crippen LogP contribution < -0.4 is 10.6 Å². The molecule has 7 heteroatoms. The van der Waals surface area contributed by atoms with Crippen LogP contribution in [-0.4, -0.2) is 16.7 Å². The molecule has 0 spiro atoms. The molecule has 23 heavy (non-hydrogen) atoms. The van der Waals surface area contributed by atoms with Gasteiger partial charge in [0.2, 0.25) is 0 Å². The van der Waals surface area contributed by atoms with Crippen molar-refractivity contribution in [3.63, 3.8) is 0 Å². The SMILES string of the molecule is CC1(C)CC(=O)C2=C(C1)NC(=O)N[C@@H]2c1ccc([N+](=O)[O-])cc1. The van der Waals surface area contributed by atoms with Crippen LogP contribution in [0.1, 0.15) is 38.3 Å². The second-order valence-corrected chi connectivity index (χ2v) is 6.71. The van der Waals surface area contributed by atoms with Crippen molar-refractivity contribution in [3.8, 4) is 0 Å². The second kappa shape index (κ2) is 5.19. The fourth-order valence-corrected chi connectivity index (χ4v) is 3.20. The third kappa shape index (κ3) is 2.81. The summed E-state index contributed by atoms with van der Waals surface area (Å²) in [7, 11) is 0. The number of nitro groups is 1. The standard InChI is InChI=1S/C16H17N3O4/c1-16(2)7-11-13(12(20)8-16)14(18-15(21)17-11)9-3-5-10(6-4-9)19(22)23/h3-6,14H,7-8H2,1-2H3,(H2,17,18,21)/t14-/m1/s1. The van der Waals surface area contributed by atoms with Crippen molar-refractivity contribution < 1.29 is 14.5 Å². The summed E-state index contributed by atoms with van der Waals surface area (Å²) in [6.07, 6.45) is 1.03. The molecular formula is C16H17N3O4. The van der Waals surface area contributed by atoms with Gasteiger partial charge in [-0.2, -0.15) is 0 Å². The monoisotopic (exact) mass is 315 g/mol. The molecule has 3 rings (SSSR count). The van der Waals surface area contributed by atoms with E-state index >= 15 is 0 Å². The molecule has 0 saturated carbocycles. The van der Waals surface area contributed by atoms with Crippen LogP contribution in [0, 0.1) is 15.5 Å². The Balaban J connectivity index is 2.02. The van der Waals surface area contributed by atoms with Gasteiger partial charge in [-0.15, -0.1) is 0 Å². The molecule has 0 aromatic heterocycles. The van der Waals surface area contributed by atoms with Gasteiger partial charge in [0.15, 0.2) is 5.78 Å². The molecule has 120 valence electrons. The maximum Gasteiger partial charge on any atom is 0.319 e. The highest BCUT2D eigenvalue weighted by Crippen LogP contribution is 2.41. The molecule has 2 amide bonds. The van der Waals surface area contributed by atoms with Gasteiger partial charge in [0.05, 0.1) is 11.0 Å². The number of urea groups is 1. The fourth-order valence-electron chi connectivity index (χ4n) is 3.20. The Morgan fingerprint density at radius 1 is 1.17 bits per heavy atom. The number of nitrogens with one attached hydrogen (secondary N) is 2. The van der Waals surface area contributed by atoms with Crippen molar-refractivity contribution >= 4 is 17.5 Å². The van der Waals surface area contributed by atoms with E-state index < -0.39 is 11.0 Å². The topological polar surface area (TPSA) is 101 Å². The Hall–Kier alpha value is -2.70. The lowest BCUT2D eigenvalue weighted by molar-refractivity contribution is -0.384. The number of benzene rings is 1. The van der Waals surface area contributed by atoms with Gasteiger partial charge in [0.1, 0.15) is 0 Å². The van der Waals surface area contributed by atoms with Crippen molar-refractivity contribution in [1.82, 2.24) is 10.6 Å². The number of carbonyl (C=O) groups excluding carboxylic acids is 2. The minimum Gasteiger partial charge on any atom is -0.327 e. The number of hydrogen-bond donors (Lipinski definition) is 2. The number of ketones is 1. The molecular weight excluding hydrogens is 298 g/mol. The van der Waals surface area contributed by atoms with Crippen molar-refractivity contribution in [1.29, 1.82) is 0 Å². The number of hydrogen-bond acceptors (Lipinski definition) is 4. The number of Topliss-reactive ketones (excluding diaryl/α,β-unsaturated/α-hetero) is 1. The van der Waals surface area contributed by atoms with E-state index in [0.29, 0.717) is 29.7 Å². The van der Waals surface area contributed by atoms with Gasteiger partial charge < -0.3 is 10.6 Å². The van der Waals surface area contributed by atoms with Crippen LogP contribution in [0.3, 0.4) is 0 Å². The smallest absolute Gasteiger partial charge is 0.319 e. The summed E-state index contributed by atoms with van der Waals surface area (Å²) in [6.45, 7) is 3.98. The summed E-state index contributed by atoms with van der Waals surface area (Å²) in [5, 5.41) is 16.2. The number of non-ortho nitro benzene ring substituents is 1. The molecule has 2 N–H and O–H groups in total. The van der Waals surface area contributed by atoms with Crippen LogP contribution in [0.4, 0.5) is 10.5 Å². The van der Waals surface area contributed by atoms with Gasteiger partial charge in [-0.05, 0) is 29.5 Å². The lowest BCUT2D eigenvalue weighted by Gasteiger charge is -2.38. The minimum absolute atomic E-state index is 0.00731. The van der Waals surface area contributed by atoms with Crippen LogP contribution in [-0.2, 0) is 4.79 Å². The number of carbonyl (C=O) groups is 2. The van der Waals surface area contributed by atoms with Gasteiger partial charge >= 0.3 is 6.03 Å². The van der Waals surface area contributed by atoms with Gasteiger partial charge in [0.25, 0.3) is 5.69 Å². The summed E-state index contributed by atoms with van der Waals surface area (Å²) in [4.78, 5) is 34.7. The zero-order chi connectivity index (χ0) is 16.8. The molecule has 7 nitrogen and oxygen atoms in total. The second-order valence-electron chi connectivity index (χ2n) is 6.71. The van der Waals surface area contributed by atoms with Crippen molar-refractivity contribution in [2.24, 2.45) is 5.41 Å². The van der Waals surface area contributed by atoms with Crippen molar-refractivity contribution in [2.75, 3.05) is 0 Å². The highest BCUT2D eigenvalue weighted by atomic mass is 16.6. The molecule has 1 aliphatic carbocycles. The van der Waals surface area contributed by atoms with Gasteiger partial charge in [-0.3, -0.25) is 14.9 Å². The number of nitro benzene ring substituents is 1. The van der Waals surface area contributed by atoms with E-state index in [1.54, 1.807) is 12.1 Å². The summed E-state index contributed by atoms with van der Waals surface area (Å²) < 4.78 is 0. The Labute approximate surface area is 132 Å². The first-order valence-electron chi connectivity index (χ1n) is 7.35. The molecule has 0 unspecified atom stereocenters. The zero-order valence-corrected chi connectivity index (χ0v) is 12.9. The van der Waals surface area contributed by atoms with Crippen molar-refractivity contribution in [3.05, 3.63) is 51.2 Å². The quantitative estimate of drug-likeness (QED) is 0.647. The first-order valence-corrected chi connectivity index (χ1v) is 7.35. The fraction of sp³-hybridized carbons (Fsp3) is 0.375. The molecule has 1 aliphatic heterocycles. The zero-order valence-electron chi connectivity index (χ0n) is 12.9. The first-order chi connectivity index (χ1) is 10.8. The predicted octanol–water partition coefficient (Wildman–Crippen LogP) is 2.59. The largest absolute Gasteiger partial charge is 0.327 e. The summed E-state index contributed by atoms with van der Waals surface area (Å²) in [6, 6.07) is 4.97. The van der Waals surface area contributed by atoms with E-state index in [0.717, 1.165) is 0 Å². The van der Waals surface area contributed by atoms with Crippen LogP contribution in [0.5, 0.6) is 0 Å². The summed E-state index contributed by atoms with van der Waals surface area (Å²) in [5.74, 6) is -0.00731. The Morgan fingerprint density at radius 3 is 2.43 bits per heavy atom. The lowest BCUT2D eigenvalue weighted by Crippen LogP contribution is -2.48. The van der Waals surface area contributed by atoms with Crippen LogP contribution in [0.25, 0.3) is 0 Å². The van der Waals surface area contributed by atoms with Crippen LogP contribution in [0.2, 0.25) is 0 Å². The lowest BCUT2D eigenvalue weighted by atomic mass is 9.73. The average molecular weight is 315 g/mol. The molecule has 0 fully saturated rings. The van der Waals surface area contributed by atoms with Gasteiger partial charge in [0, 0.05) is 29.8 Å². The minimum atomic E-state index is -0.567. The molecule has 0 bridgehead atoms. The highest BCUT2D eigenvalue weighted by molar-refractivity contribution is 6.01. The highest BCUT2D eigenvalue weighted by Gasteiger charge is 2.40. The molecule has 2 aliphatic rings. The van der Waals surface area contributed by atoms with Crippen LogP contribution in [0.15, 0.2) is 35.5 Å². The number of rotatable bonds is 2. The predicted molar refractivity (Wildman–Crippen MR) is 82.6 cm³/mol. The maximum absolute atomic E-state index is 12.6. The first kappa shape index (κ1) is 15.2. The average Bonchev–Trinajstić information content (AvgIpc) is 2.44. The Bertz CT molecular complexity index is 734. The van der Waals surface area contributed by atoms with Gasteiger partial charge in [-0.1, -0.05) is 13.8 Å². The maximum atomic E-state index is 12.6. The van der Waals surface area contributed by atoms with Crippen molar-refractivity contribution in [2.45, 2.75) is 32.7 Å².